The van der Waals surface area contributed by atoms with Gasteiger partial charge in [-0.05, 0) is 32.9 Å². The molecule has 0 saturated heterocycles. The van der Waals surface area contributed by atoms with E-state index in [2.05, 4.69) is 4.74 Å². The Morgan fingerprint density at radius 2 is 2.00 bits per heavy atom. The highest BCUT2D eigenvalue weighted by atomic mass is 19.1. The van der Waals surface area contributed by atoms with Crippen LogP contribution in [-0.2, 0) is 4.74 Å². The first-order chi connectivity index (χ1) is 7.97. The molecule has 0 atom stereocenters. The molecule has 0 bridgehead atoms. The van der Waals surface area contributed by atoms with Crippen molar-refractivity contribution < 1.29 is 23.0 Å². The molecule has 0 spiro atoms. The van der Waals surface area contributed by atoms with Crippen molar-refractivity contribution >= 4 is 5.97 Å². The van der Waals surface area contributed by atoms with Crippen LogP contribution in [0.3, 0.4) is 0 Å². The lowest BCUT2D eigenvalue weighted by molar-refractivity contribution is 0.0513. The number of ether oxygens (including phenoxy) is 2. The molecule has 0 amide bonds. The van der Waals surface area contributed by atoms with E-state index in [0.29, 0.717) is 0 Å². The van der Waals surface area contributed by atoms with E-state index in [-0.39, 0.29) is 18.5 Å². The summed E-state index contributed by atoms with van der Waals surface area (Å²) in [6.07, 6.45) is -0.273. The normalized spacial score (nSPS) is 10.5. The predicted molar refractivity (Wildman–Crippen MR) is 58.1 cm³/mol. The molecule has 0 unspecified atom stereocenters. The van der Waals surface area contributed by atoms with Crippen molar-refractivity contribution in [3.63, 3.8) is 0 Å². The van der Waals surface area contributed by atoms with Crippen molar-refractivity contribution in [2.45, 2.75) is 26.9 Å². The van der Waals surface area contributed by atoms with Crippen LogP contribution in [0.25, 0.3) is 0 Å². The Bertz CT molecular complexity index is 416. The van der Waals surface area contributed by atoms with Gasteiger partial charge in [-0.2, -0.15) is 0 Å². The number of halogens is 2. The van der Waals surface area contributed by atoms with Crippen LogP contribution < -0.4 is 4.74 Å². The quantitative estimate of drug-likeness (QED) is 0.764. The first kappa shape index (κ1) is 13.4. The Labute approximate surface area is 98.3 Å². The van der Waals surface area contributed by atoms with E-state index in [9.17, 15) is 13.6 Å². The Hall–Kier alpha value is -1.65. The van der Waals surface area contributed by atoms with Gasteiger partial charge in [-0.25, -0.2) is 13.6 Å². The maximum atomic E-state index is 13.8. The SMILES string of the molecule is CCOC(=O)c1c(F)ccc(OC(C)C)c1F. The van der Waals surface area contributed by atoms with Crippen molar-refractivity contribution in [3.8, 4) is 5.75 Å². The number of hydrogen-bond donors (Lipinski definition) is 0. The fourth-order valence-corrected chi connectivity index (χ4v) is 1.27. The van der Waals surface area contributed by atoms with Gasteiger partial charge >= 0.3 is 5.97 Å². The van der Waals surface area contributed by atoms with Crippen LogP contribution in [0, 0.1) is 11.6 Å². The number of esters is 1. The fourth-order valence-electron chi connectivity index (χ4n) is 1.27. The van der Waals surface area contributed by atoms with E-state index in [1.165, 1.54) is 0 Å². The maximum absolute atomic E-state index is 13.8. The summed E-state index contributed by atoms with van der Waals surface area (Å²) in [4.78, 5) is 11.4. The molecule has 94 valence electrons. The van der Waals surface area contributed by atoms with Gasteiger partial charge in [0, 0.05) is 0 Å². The van der Waals surface area contributed by atoms with E-state index >= 15 is 0 Å². The lowest BCUT2D eigenvalue weighted by atomic mass is 10.2. The number of rotatable bonds is 4. The van der Waals surface area contributed by atoms with Crippen LogP contribution >= 0.6 is 0 Å². The van der Waals surface area contributed by atoms with Crippen molar-refractivity contribution in [1.29, 1.82) is 0 Å². The Kier molecular flexibility index (Phi) is 4.43. The zero-order valence-corrected chi connectivity index (χ0v) is 9.92. The van der Waals surface area contributed by atoms with Crippen molar-refractivity contribution in [2.75, 3.05) is 6.61 Å². The molecule has 5 heteroatoms. The highest BCUT2D eigenvalue weighted by Crippen LogP contribution is 2.24. The summed E-state index contributed by atoms with van der Waals surface area (Å²) in [6.45, 7) is 5.01. The largest absolute Gasteiger partial charge is 0.488 e. The van der Waals surface area contributed by atoms with Crippen LogP contribution in [0.2, 0.25) is 0 Å². The summed E-state index contributed by atoms with van der Waals surface area (Å²) < 4.78 is 36.8. The molecule has 0 aliphatic heterocycles. The van der Waals surface area contributed by atoms with Gasteiger partial charge in [-0.1, -0.05) is 0 Å². The van der Waals surface area contributed by atoms with Crippen LogP contribution in [0.1, 0.15) is 31.1 Å². The molecule has 1 aromatic rings. The van der Waals surface area contributed by atoms with E-state index < -0.39 is 23.2 Å². The van der Waals surface area contributed by atoms with E-state index in [0.717, 1.165) is 12.1 Å². The van der Waals surface area contributed by atoms with Crippen LogP contribution in [0.4, 0.5) is 8.78 Å². The molecule has 0 aliphatic rings. The van der Waals surface area contributed by atoms with Gasteiger partial charge in [0.2, 0.25) is 0 Å². The van der Waals surface area contributed by atoms with Crippen LogP contribution in [0.15, 0.2) is 12.1 Å². The molecule has 0 heterocycles. The molecule has 3 nitrogen and oxygen atoms in total. The van der Waals surface area contributed by atoms with Crippen LogP contribution in [0.5, 0.6) is 5.75 Å². The first-order valence-electron chi connectivity index (χ1n) is 5.29. The summed E-state index contributed by atoms with van der Waals surface area (Å²) in [7, 11) is 0. The van der Waals surface area contributed by atoms with Crippen LogP contribution in [-0.4, -0.2) is 18.7 Å². The third-order valence-electron chi connectivity index (χ3n) is 1.90. The zero-order chi connectivity index (χ0) is 13.0. The molecule has 0 aromatic heterocycles. The Morgan fingerprint density at radius 3 is 2.53 bits per heavy atom. The minimum Gasteiger partial charge on any atom is -0.488 e. The highest BCUT2D eigenvalue weighted by Gasteiger charge is 2.22. The van der Waals surface area contributed by atoms with Gasteiger partial charge in [0.15, 0.2) is 11.6 Å². The molecule has 0 saturated carbocycles. The lowest BCUT2D eigenvalue weighted by Gasteiger charge is -2.12. The van der Waals surface area contributed by atoms with Crippen molar-refractivity contribution in [2.24, 2.45) is 0 Å². The molecular formula is C12H14F2O3. The van der Waals surface area contributed by atoms with E-state index in [1.54, 1.807) is 20.8 Å². The number of hydrogen-bond acceptors (Lipinski definition) is 3. The van der Waals surface area contributed by atoms with Gasteiger partial charge in [-0.15, -0.1) is 0 Å². The Morgan fingerprint density at radius 1 is 1.35 bits per heavy atom. The van der Waals surface area contributed by atoms with Gasteiger partial charge in [-0.3, -0.25) is 0 Å². The van der Waals surface area contributed by atoms with Crippen molar-refractivity contribution in [1.82, 2.24) is 0 Å². The minimum absolute atomic E-state index is 0.0486. The average Bonchev–Trinajstić information content (AvgIpc) is 2.22. The van der Waals surface area contributed by atoms with Gasteiger partial charge in [0.25, 0.3) is 0 Å². The number of carbonyl (C=O) groups is 1. The number of carbonyl (C=O) groups excluding carboxylic acids is 1. The molecule has 1 aromatic carbocycles. The zero-order valence-electron chi connectivity index (χ0n) is 9.92. The highest BCUT2D eigenvalue weighted by molar-refractivity contribution is 5.90. The molecule has 17 heavy (non-hydrogen) atoms. The molecule has 0 fully saturated rings. The molecule has 1 rings (SSSR count). The summed E-state index contributed by atoms with van der Waals surface area (Å²) >= 11 is 0. The standard InChI is InChI=1S/C12H14F2O3/c1-4-16-12(15)10-8(13)5-6-9(11(10)14)17-7(2)3/h5-7H,4H2,1-3H3. The lowest BCUT2D eigenvalue weighted by Crippen LogP contribution is -2.13. The van der Waals surface area contributed by atoms with Crippen molar-refractivity contribution in [3.05, 3.63) is 29.3 Å². The number of benzene rings is 1. The fraction of sp³-hybridized carbons (Fsp3) is 0.417. The van der Waals surface area contributed by atoms with Gasteiger partial charge in [0.05, 0.1) is 12.7 Å². The smallest absolute Gasteiger partial charge is 0.344 e. The van der Waals surface area contributed by atoms with E-state index in [4.69, 9.17) is 4.74 Å². The predicted octanol–water partition coefficient (Wildman–Crippen LogP) is 2.93. The van der Waals surface area contributed by atoms with Gasteiger partial charge < -0.3 is 9.47 Å². The first-order valence-corrected chi connectivity index (χ1v) is 5.29. The summed E-state index contributed by atoms with van der Waals surface area (Å²) in [6, 6.07) is 2.13. The third kappa shape index (κ3) is 3.15. The van der Waals surface area contributed by atoms with E-state index in [1.807, 2.05) is 0 Å². The second-order valence-electron chi connectivity index (χ2n) is 3.62. The average molecular weight is 244 g/mol. The monoisotopic (exact) mass is 244 g/mol. The second kappa shape index (κ2) is 5.61. The Balaban J connectivity index is 3.15. The summed E-state index contributed by atoms with van der Waals surface area (Å²) in [5.74, 6) is -3.18. The molecule has 0 radical (unpaired) electrons. The second-order valence-corrected chi connectivity index (χ2v) is 3.62. The summed E-state index contributed by atoms with van der Waals surface area (Å²) in [5, 5.41) is 0. The third-order valence-corrected chi connectivity index (χ3v) is 1.90. The minimum atomic E-state index is -1.03. The maximum Gasteiger partial charge on any atom is 0.344 e. The molecule has 0 aliphatic carbocycles. The molecular weight excluding hydrogens is 230 g/mol. The summed E-state index contributed by atoms with van der Waals surface area (Å²) in [5.41, 5.74) is -0.718. The molecule has 0 N–H and O–H groups in total. The van der Waals surface area contributed by atoms with Gasteiger partial charge in [0.1, 0.15) is 11.4 Å². The topological polar surface area (TPSA) is 35.5 Å².